The van der Waals surface area contributed by atoms with Gasteiger partial charge in [0.25, 0.3) is 0 Å². The average Bonchev–Trinajstić information content (AvgIpc) is 4.05. The summed E-state index contributed by atoms with van der Waals surface area (Å²) in [5, 5.41) is 0.968. The third-order valence-electron chi connectivity index (χ3n) is 12.2. The molecule has 0 radical (unpaired) electrons. The predicted molar refractivity (Wildman–Crippen MR) is 211 cm³/mol. The molecule has 5 aliphatic rings. The number of allylic oxidation sites excluding steroid dienone is 2. The molecule has 3 fully saturated rings. The predicted octanol–water partition coefficient (Wildman–Crippen LogP) is 5.35. The number of pyridine rings is 1. The number of hydrogen-bond donors (Lipinski definition) is 1. The fraction of sp³-hybridized carbons (Fsp3) is 0.643. The van der Waals surface area contributed by atoms with Crippen LogP contribution in [0.15, 0.2) is 36.5 Å². The van der Waals surface area contributed by atoms with Crippen molar-refractivity contribution in [3.63, 3.8) is 0 Å². The first kappa shape index (κ1) is 40.0. The SMILES string of the molecule is C[C@@H]1CC/C=C\[C@@H]2C[C@@]2(C(=O)NS(=O)(=O)C2CC2)CC(=O)[C@@H]2C[C@@H](Oc3nccc4c5c(ccc34)N(C)CCO5)CN2C(=O)[C@@H](CC(=O)OC(C)(C)C)[C@H](C)C1. The summed E-state index contributed by atoms with van der Waals surface area (Å²) in [6, 6.07) is 4.81. The third kappa shape index (κ3) is 8.40. The van der Waals surface area contributed by atoms with Crippen molar-refractivity contribution in [2.75, 3.05) is 31.6 Å². The highest BCUT2D eigenvalue weighted by molar-refractivity contribution is 7.90. The van der Waals surface area contributed by atoms with Gasteiger partial charge in [-0.3, -0.25) is 23.9 Å². The third-order valence-corrected chi connectivity index (χ3v) is 14.0. The van der Waals surface area contributed by atoms with Crippen molar-refractivity contribution in [1.29, 1.82) is 0 Å². The number of nitrogens with one attached hydrogen (secondary N) is 1. The van der Waals surface area contributed by atoms with Crippen LogP contribution >= 0.6 is 0 Å². The highest BCUT2D eigenvalue weighted by Crippen LogP contribution is 2.57. The first-order chi connectivity index (χ1) is 26.5. The lowest BCUT2D eigenvalue weighted by Gasteiger charge is -2.32. The molecule has 2 saturated carbocycles. The molecule has 0 bridgehead atoms. The van der Waals surface area contributed by atoms with E-state index in [1.807, 2.05) is 44.3 Å². The van der Waals surface area contributed by atoms with Crippen molar-refractivity contribution in [2.45, 2.75) is 115 Å². The lowest BCUT2D eigenvalue weighted by molar-refractivity contribution is -0.160. The van der Waals surface area contributed by atoms with Gasteiger partial charge in [-0.2, -0.15) is 0 Å². The monoisotopic (exact) mass is 792 g/mol. The van der Waals surface area contributed by atoms with Crippen LogP contribution in [0.3, 0.4) is 0 Å². The maximum Gasteiger partial charge on any atom is 0.307 e. The molecule has 13 nitrogen and oxygen atoms in total. The molecule has 1 saturated heterocycles. The Labute approximate surface area is 329 Å². The normalized spacial score (nSPS) is 30.5. The Balaban J connectivity index is 1.22. The first-order valence-corrected chi connectivity index (χ1v) is 21.7. The zero-order valence-corrected chi connectivity index (χ0v) is 34.2. The molecule has 0 spiro atoms. The first-order valence-electron chi connectivity index (χ1n) is 20.2. The summed E-state index contributed by atoms with van der Waals surface area (Å²) in [6.07, 6.45) is 8.28. The highest BCUT2D eigenvalue weighted by atomic mass is 32.2. The van der Waals surface area contributed by atoms with Crippen molar-refractivity contribution in [3.8, 4) is 11.6 Å². The summed E-state index contributed by atoms with van der Waals surface area (Å²) in [5.41, 5.74) is -1.04. The molecule has 1 aromatic carbocycles. The molecule has 3 aliphatic heterocycles. The van der Waals surface area contributed by atoms with Crippen LogP contribution in [0, 0.1) is 29.1 Å². The average molecular weight is 793 g/mol. The van der Waals surface area contributed by atoms with Crippen LogP contribution in [0.2, 0.25) is 0 Å². The van der Waals surface area contributed by atoms with Gasteiger partial charge < -0.3 is 24.0 Å². The number of hydrogen-bond acceptors (Lipinski definition) is 11. The number of ether oxygens (including phenoxy) is 3. The number of aromatic nitrogens is 1. The number of nitrogens with zero attached hydrogens (tertiary/aromatic N) is 3. The molecule has 0 unspecified atom stereocenters. The summed E-state index contributed by atoms with van der Waals surface area (Å²) in [6.45, 7) is 10.8. The van der Waals surface area contributed by atoms with Crippen molar-refractivity contribution in [2.24, 2.45) is 29.1 Å². The van der Waals surface area contributed by atoms with Gasteiger partial charge in [-0.05, 0) is 95.2 Å². The van der Waals surface area contributed by atoms with Crippen LogP contribution in [0.25, 0.3) is 10.8 Å². The van der Waals surface area contributed by atoms with E-state index in [9.17, 15) is 27.6 Å². The van der Waals surface area contributed by atoms with Crippen LogP contribution in [0.1, 0.15) is 92.4 Å². The second kappa shape index (κ2) is 15.3. The van der Waals surface area contributed by atoms with Gasteiger partial charge in [0, 0.05) is 36.9 Å². The van der Waals surface area contributed by atoms with E-state index in [-0.39, 0.29) is 55.3 Å². The summed E-state index contributed by atoms with van der Waals surface area (Å²) in [7, 11) is -1.84. The fourth-order valence-corrected chi connectivity index (χ4v) is 10.2. The minimum Gasteiger partial charge on any atom is -0.489 e. The molecule has 4 heterocycles. The lowest BCUT2D eigenvalue weighted by Crippen LogP contribution is -2.47. The van der Waals surface area contributed by atoms with Crippen LogP contribution in [0.5, 0.6) is 11.6 Å². The van der Waals surface area contributed by atoms with E-state index in [1.165, 1.54) is 4.90 Å². The number of amides is 2. The molecule has 2 aromatic rings. The molecule has 56 heavy (non-hydrogen) atoms. The maximum atomic E-state index is 14.9. The molecule has 1 N–H and O–H groups in total. The zero-order chi connectivity index (χ0) is 40.2. The van der Waals surface area contributed by atoms with Crippen molar-refractivity contribution in [3.05, 3.63) is 36.5 Å². The number of carbonyl (C=O) groups is 4. The lowest BCUT2D eigenvalue weighted by atomic mass is 9.82. The van der Waals surface area contributed by atoms with Gasteiger partial charge in [0.15, 0.2) is 11.5 Å². The van der Waals surface area contributed by atoms with E-state index in [4.69, 9.17) is 14.2 Å². The fourth-order valence-electron chi connectivity index (χ4n) is 8.85. The second-order valence-corrected chi connectivity index (χ2v) is 19.8. The molecule has 7 atom stereocenters. The van der Waals surface area contributed by atoms with E-state index in [2.05, 4.69) is 21.5 Å². The minimum atomic E-state index is -3.85. The van der Waals surface area contributed by atoms with Crippen molar-refractivity contribution in [1.82, 2.24) is 14.6 Å². The molecule has 1 aromatic heterocycles. The van der Waals surface area contributed by atoms with Crippen LogP contribution in [0.4, 0.5) is 5.69 Å². The van der Waals surface area contributed by atoms with Crippen LogP contribution in [-0.2, 0) is 33.9 Å². The summed E-state index contributed by atoms with van der Waals surface area (Å²) in [5.74, 6) is -1.85. The van der Waals surface area contributed by atoms with E-state index < -0.39 is 56.2 Å². The number of carbonyl (C=O) groups excluding carboxylic acids is 4. The Morgan fingerprint density at radius 3 is 2.57 bits per heavy atom. The summed E-state index contributed by atoms with van der Waals surface area (Å²) < 4.78 is 46.6. The van der Waals surface area contributed by atoms with Crippen LogP contribution < -0.4 is 19.1 Å². The van der Waals surface area contributed by atoms with Gasteiger partial charge in [0.05, 0.1) is 47.8 Å². The molecular weight excluding hydrogens is 737 g/mol. The number of fused-ring (bicyclic) bond motifs is 5. The van der Waals surface area contributed by atoms with Gasteiger partial charge in [-0.25, -0.2) is 13.4 Å². The highest BCUT2D eigenvalue weighted by Gasteiger charge is 2.61. The maximum absolute atomic E-state index is 14.9. The number of benzene rings is 1. The molecular formula is C42H56N4O9S. The van der Waals surface area contributed by atoms with Crippen LogP contribution in [-0.4, -0.2) is 91.6 Å². The largest absolute Gasteiger partial charge is 0.489 e. The Morgan fingerprint density at radius 2 is 1.84 bits per heavy atom. The number of likely N-dealkylation sites (N-methyl/N-ethyl adjacent to an activating group) is 1. The van der Waals surface area contributed by atoms with Crippen molar-refractivity contribution >= 4 is 50.1 Å². The van der Waals surface area contributed by atoms with E-state index in [0.29, 0.717) is 38.2 Å². The number of esters is 1. The molecule has 2 aliphatic carbocycles. The minimum absolute atomic E-state index is 0.0587. The second-order valence-electron chi connectivity index (χ2n) is 17.9. The van der Waals surface area contributed by atoms with E-state index in [0.717, 1.165) is 41.6 Å². The molecule has 14 heteroatoms. The quantitative estimate of drug-likeness (QED) is 0.285. The Hall–Kier alpha value is -4.20. The van der Waals surface area contributed by atoms with Crippen molar-refractivity contribution < 1.29 is 41.8 Å². The Kier molecular flexibility index (Phi) is 10.9. The number of Topliss-reactive ketones (excluding diaryl/α,β-unsaturated/α-hetero) is 1. The topological polar surface area (TPSA) is 162 Å². The van der Waals surface area contributed by atoms with Gasteiger partial charge >= 0.3 is 5.97 Å². The number of rotatable bonds is 7. The van der Waals surface area contributed by atoms with E-state index >= 15 is 0 Å². The van der Waals surface area contributed by atoms with E-state index in [1.54, 1.807) is 27.0 Å². The Morgan fingerprint density at radius 1 is 1.07 bits per heavy atom. The zero-order valence-electron chi connectivity index (χ0n) is 33.4. The molecule has 7 rings (SSSR count). The number of ketones is 1. The van der Waals surface area contributed by atoms with Gasteiger partial charge in [-0.15, -0.1) is 0 Å². The Bertz CT molecular complexity index is 2020. The van der Waals surface area contributed by atoms with Gasteiger partial charge in [0.2, 0.25) is 27.7 Å². The smallest absolute Gasteiger partial charge is 0.307 e. The molecule has 304 valence electrons. The number of anilines is 1. The summed E-state index contributed by atoms with van der Waals surface area (Å²) in [4.78, 5) is 65.0. The summed E-state index contributed by atoms with van der Waals surface area (Å²) >= 11 is 0. The standard InChI is InChI=1S/C42H56N4O9S/c1-25-9-7-8-10-27-22-42(27,40(50)44-56(51,52)29-11-12-29)23-35(47)34-20-28(24-46(34)39(49)32(26(2)19-25)21-36(48)55-41(3,4)5)54-38-31-13-14-33-37(30(31)15-16-43-38)53-18-17-45(33)6/h8,10,13-16,25-29,32,34H,7,9,11-12,17-24H2,1-6H3,(H,44,50)/b10-8-/t25-,26-,27-,28-,32+,34+,42-/m1/s1. The van der Waals surface area contributed by atoms with Gasteiger partial charge in [-0.1, -0.05) is 26.0 Å². The molecule has 2 amide bonds. The van der Waals surface area contributed by atoms with Gasteiger partial charge in [0.1, 0.15) is 18.3 Å². The number of sulfonamides is 1.